The van der Waals surface area contributed by atoms with Gasteiger partial charge >= 0.3 is 5.97 Å². The number of likely N-dealkylation sites (tertiary alicyclic amines) is 1. The van der Waals surface area contributed by atoms with Crippen molar-refractivity contribution in [2.45, 2.75) is 103 Å². The second kappa shape index (κ2) is 15.2. The molecule has 1 atom stereocenters. The van der Waals surface area contributed by atoms with E-state index in [4.69, 9.17) is 0 Å². The van der Waals surface area contributed by atoms with Crippen molar-refractivity contribution in [2.24, 2.45) is 5.92 Å². The summed E-state index contributed by atoms with van der Waals surface area (Å²) in [5, 5.41) is 10.1. The van der Waals surface area contributed by atoms with E-state index < -0.39 is 5.97 Å². The maximum Gasteiger partial charge on any atom is 0.345 e. The van der Waals surface area contributed by atoms with Gasteiger partial charge in [0.1, 0.15) is 4.88 Å². The van der Waals surface area contributed by atoms with Crippen LogP contribution in [0.25, 0.3) is 33.1 Å². The zero-order chi connectivity index (χ0) is 34.9. The second-order valence-corrected chi connectivity index (χ2v) is 16.5. The third kappa shape index (κ3) is 6.75. The average Bonchev–Trinajstić information content (AvgIpc) is 3.71. The molecule has 51 heavy (non-hydrogen) atoms. The number of fused-ring (bicyclic) bond motifs is 7. The Morgan fingerprint density at radius 2 is 1.78 bits per heavy atom. The molecule has 8 rings (SSSR count). The molecule has 1 unspecified atom stereocenters. The van der Waals surface area contributed by atoms with Crippen LogP contribution in [0, 0.1) is 5.92 Å². The Morgan fingerprint density at radius 1 is 0.922 bits per heavy atom. The van der Waals surface area contributed by atoms with E-state index >= 15 is 0 Å². The van der Waals surface area contributed by atoms with Gasteiger partial charge in [-0.25, -0.2) is 4.79 Å². The fourth-order valence-electron chi connectivity index (χ4n) is 9.80. The van der Waals surface area contributed by atoms with Crippen LogP contribution >= 0.6 is 11.3 Å². The normalized spacial score (nSPS) is 21.8. The van der Waals surface area contributed by atoms with E-state index in [-0.39, 0.29) is 0 Å². The highest BCUT2D eigenvalue weighted by Crippen LogP contribution is 2.51. The van der Waals surface area contributed by atoms with Gasteiger partial charge in [-0.1, -0.05) is 87.7 Å². The molecule has 2 aromatic heterocycles. The smallest absolute Gasteiger partial charge is 0.345 e. The number of thiophene rings is 1. The Kier molecular flexibility index (Phi) is 10.3. The molecule has 1 N–H and O–H groups in total. The summed E-state index contributed by atoms with van der Waals surface area (Å²) in [5.41, 5.74) is 13.7. The highest BCUT2D eigenvalue weighted by Gasteiger charge is 2.34. The summed E-state index contributed by atoms with van der Waals surface area (Å²) in [7, 11) is 0. The number of hydrogen-bond donors (Lipinski definition) is 1. The topological polar surface area (TPSA) is 48.7 Å². The van der Waals surface area contributed by atoms with E-state index in [0.717, 1.165) is 63.3 Å². The van der Waals surface area contributed by atoms with Crippen LogP contribution in [-0.2, 0) is 19.4 Å². The van der Waals surface area contributed by atoms with Crippen LogP contribution < -0.4 is 4.90 Å². The van der Waals surface area contributed by atoms with E-state index in [2.05, 4.69) is 82.8 Å². The second-order valence-electron chi connectivity index (χ2n) is 15.5. The lowest BCUT2D eigenvalue weighted by Crippen LogP contribution is -2.37. The number of piperidine rings is 1. The molecule has 268 valence electrons. The highest BCUT2D eigenvalue weighted by atomic mass is 32.1. The molecule has 4 heterocycles. The summed E-state index contributed by atoms with van der Waals surface area (Å²) in [6, 6.07) is 15.8. The fourth-order valence-corrected chi connectivity index (χ4v) is 10.9. The molecule has 0 radical (unpaired) electrons. The average molecular weight is 702 g/mol. The number of carbonyl (C=O) groups is 1. The van der Waals surface area contributed by atoms with Crippen molar-refractivity contribution in [1.82, 2.24) is 9.47 Å². The molecule has 5 nitrogen and oxygen atoms in total. The summed E-state index contributed by atoms with van der Waals surface area (Å²) in [4.78, 5) is 18.2. The molecule has 0 amide bonds. The van der Waals surface area contributed by atoms with Crippen LogP contribution in [0.15, 0.2) is 54.6 Å². The van der Waals surface area contributed by atoms with Gasteiger partial charge in [0.2, 0.25) is 0 Å². The van der Waals surface area contributed by atoms with Gasteiger partial charge in [0.15, 0.2) is 0 Å². The molecule has 4 aromatic rings. The van der Waals surface area contributed by atoms with E-state index in [1.54, 1.807) is 0 Å². The number of carboxylic acid groups (broad SMARTS) is 1. The fraction of sp³-hybridized carbons (Fsp3) is 0.489. The third-order valence-corrected chi connectivity index (χ3v) is 13.6. The minimum atomic E-state index is -0.805. The summed E-state index contributed by atoms with van der Waals surface area (Å²) < 4.78 is 3.75. The third-order valence-electron chi connectivity index (χ3n) is 12.5. The van der Waals surface area contributed by atoms with Crippen molar-refractivity contribution in [3.8, 4) is 11.3 Å². The molecule has 2 aromatic carbocycles. The van der Waals surface area contributed by atoms with Crippen molar-refractivity contribution >= 4 is 44.9 Å². The summed E-state index contributed by atoms with van der Waals surface area (Å²) in [6.45, 7) is 11.0. The Hall–Kier alpha value is -3.61. The SMILES string of the molecule is CCc1ccccc1C1=C\CCCc2ccc3c(c2/C=C\1)N(CCC1CCCN(CC)C1)CCn1c-3c(C2CCCCC2)c2sc(C(=O)O)cc21. The number of aromatic nitrogens is 1. The van der Waals surface area contributed by atoms with E-state index in [1.165, 1.54) is 131 Å². The van der Waals surface area contributed by atoms with Crippen LogP contribution in [0.2, 0.25) is 0 Å². The highest BCUT2D eigenvalue weighted by molar-refractivity contribution is 7.21. The molecule has 0 spiro atoms. The Balaban J connectivity index is 1.30. The van der Waals surface area contributed by atoms with Gasteiger partial charge in [-0.3, -0.25) is 0 Å². The molecule has 4 aliphatic rings. The van der Waals surface area contributed by atoms with Crippen molar-refractivity contribution in [3.05, 3.63) is 87.3 Å². The Bertz CT molecular complexity index is 1960. The van der Waals surface area contributed by atoms with E-state index in [1.807, 2.05) is 6.07 Å². The Labute approximate surface area is 308 Å². The molecule has 2 aliphatic heterocycles. The largest absolute Gasteiger partial charge is 0.477 e. The first kappa shape index (κ1) is 34.5. The number of carboxylic acids is 1. The van der Waals surface area contributed by atoms with Crippen LogP contribution in [0.3, 0.4) is 0 Å². The molecule has 1 saturated heterocycles. The lowest BCUT2D eigenvalue weighted by Gasteiger charge is -2.34. The van der Waals surface area contributed by atoms with Gasteiger partial charge in [-0.05, 0) is 117 Å². The number of rotatable bonds is 8. The summed E-state index contributed by atoms with van der Waals surface area (Å²) >= 11 is 1.51. The first-order valence-electron chi connectivity index (χ1n) is 20.0. The van der Waals surface area contributed by atoms with Gasteiger partial charge in [0.05, 0.1) is 21.6 Å². The number of aryl methyl sites for hydroxylation is 2. The monoisotopic (exact) mass is 701 g/mol. The Morgan fingerprint density at radius 3 is 2.61 bits per heavy atom. The minimum Gasteiger partial charge on any atom is -0.477 e. The van der Waals surface area contributed by atoms with Crippen molar-refractivity contribution in [1.29, 1.82) is 0 Å². The van der Waals surface area contributed by atoms with E-state index in [0.29, 0.717) is 10.8 Å². The molecule has 0 bridgehead atoms. The van der Waals surface area contributed by atoms with Crippen LogP contribution in [0.4, 0.5) is 5.69 Å². The number of aromatic carboxylic acids is 1. The lowest BCUT2D eigenvalue weighted by molar-refractivity contribution is 0.0702. The zero-order valence-corrected chi connectivity index (χ0v) is 31.6. The number of benzene rings is 2. The number of nitrogens with zero attached hydrogens (tertiary/aromatic N) is 3. The lowest BCUT2D eigenvalue weighted by atomic mass is 9.82. The van der Waals surface area contributed by atoms with E-state index in [9.17, 15) is 9.90 Å². The zero-order valence-electron chi connectivity index (χ0n) is 30.8. The predicted molar refractivity (Wildman–Crippen MR) is 215 cm³/mol. The maximum atomic E-state index is 12.3. The number of allylic oxidation sites excluding steroid dienone is 3. The van der Waals surface area contributed by atoms with Crippen molar-refractivity contribution in [2.75, 3.05) is 37.6 Å². The van der Waals surface area contributed by atoms with Gasteiger partial charge < -0.3 is 19.5 Å². The standard InChI is InChI=1S/C45H55N3O2S/c1-3-32-14-10-11-19-36(32)33-15-8-9-16-34-21-23-38-42(37(34)22-20-33)47(26-24-31-13-12-25-46(4-2)30-31)27-28-48-39-29-40(45(49)50)51-44(39)41(43(38)48)35-17-6-5-7-18-35/h10-11,14-15,19-23,29,31,35H,3-9,12-13,16-18,24-28,30H2,1-2H3,(H,49,50)/b22-20-,33-15-. The van der Waals surface area contributed by atoms with Gasteiger partial charge in [-0.15, -0.1) is 11.3 Å². The van der Waals surface area contributed by atoms with Gasteiger partial charge in [0.25, 0.3) is 0 Å². The van der Waals surface area contributed by atoms with Gasteiger partial charge in [-0.2, -0.15) is 0 Å². The molecule has 2 fully saturated rings. The minimum absolute atomic E-state index is 0.468. The van der Waals surface area contributed by atoms with Crippen LogP contribution in [0.5, 0.6) is 0 Å². The van der Waals surface area contributed by atoms with Crippen molar-refractivity contribution < 1.29 is 9.90 Å². The van der Waals surface area contributed by atoms with Crippen LogP contribution in [0.1, 0.15) is 121 Å². The van der Waals surface area contributed by atoms with Gasteiger partial charge in [0, 0.05) is 37.3 Å². The number of anilines is 1. The molecular formula is C45H55N3O2S. The maximum absolute atomic E-state index is 12.3. The predicted octanol–water partition coefficient (Wildman–Crippen LogP) is 11.1. The first-order valence-corrected chi connectivity index (χ1v) is 20.8. The number of hydrogen-bond acceptors (Lipinski definition) is 4. The van der Waals surface area contributed by atoms with Crippen molar-refractivity contribution in [3.63, 3.8) is 0 Å². The van der Waals surface area contributed by atoms with Crippen LogP contribution in [-0.4, -0.2) is 53.3 Å². The summed E-state index contributed by atoms with van der Waals surface area (Å²) in [5.74, 6) is 0.397. The molecule has 6 heteroatoms. The molecular weight excluding hydrogens is 647 g/mol. The first-order chi connectivity index (χ1) is 25.0. The molecule has 1 saturated carbocycles. The quantitative estimate of drug-likeness (QED) is 0.199. The molecule has 2 aliphatic carbocycles. The summed E-state index contributed by atoms with van der Waals surface area (Å²) in [6.07, 6.45) is 21.7.